The van der Waals surface area contributed by atoms with Crippen molar-refractivity contribution in [2.24, 2.45) is 11.5 Å². The van der Waals surface area contributed by atoms with Crippen molar-refractivity contribution in [2.75, 3.05) is 6.54 Å². The second-order valence-corrected chi connectivity index (χ2v) is 5.91. The minimum Gasteiger partial charge on any atom is -0.480 e. The minimum absolute atomic E-state index is 0.520. The molecule has 9 N–H and O–H groups in total. The Balaban J connectivity index is 0. The van der Waals surface area contributed by atoms with Gasteiger partial charge in [-0.3, -0.25) is 4.79 Å². The molecule has 0 rings (SSSR count). The van der Waals surface area contributed by atoms with Crippen LogP contribution in [0.1, 0.15) is 19.3 Å². The topological polar surface area (TPSA) is 214 Å². The highest BCUT2D eigenvalue weighted by Gasteiger charge is 2.27. The molecule has 0 bridgehead atoms. The van der Waals surface area contributed by atoms with Gasteiger partial charge in [0.05, 0.1) is 0 Å². The standard InChI is InChI=1S/C6H14N2O2.H4O7P2/c7-4-2-1-3-5(8)6(9)10;1-8(2,3)7-9(4,5)6/h5H,1-4,7-8H2,(H,9,10);(H2,1,2,3)(H2,4,5,6)/t5-;/m0./s1. The van der Waals surface area contributed by atoms with Crippen molar-refractivity contribution in [2.45, 2.75) is 25.3 Å². The van der Waals surface area contributed by atoms with E-state index < -0.39 is 27.7 Å². The van der Waals surface area contributed by atoms with Crippen LogP contribution in [0, 0.1) is 0 Å². The molecule has 0 amide bonds. The van der Waals surface area contributed by atoms with Gasteiger partial charge in [0.25, 0.3) is 0 Å². The van der Waals surface area contributed by atoms with Crippen LogP contribution in [-0.4, -0.2) is 43.2 Å². The summed E-state index contributed by atoms with van der Waals surface area (Å²) >= 11 is 0. The summed E-state index contributed by atoms with van der Waals surface area (Å²) in [5, 5.41) is 8.33. The van der Waals surface area contributed by atoms with Crippen LogP contribution in [-0.2, 0) is 18.2 Å². The fourth-order valence-corrected chi connectivity index (χ4v) is 1.88. The molecule has 0 saturated carbocycles. The Morgan fingerprint density at radius 2 is 1.53 bits per heavy atom. The molecule has 19 heavy (non-hydrogen) atoms. The van der Waals surface area contributed by atoms with Crippen molar-refractivity contribution in [3.05, 3.63) is 0 Å². The molecule has 0 aromatic rings. The zero-order valence-electron chi connectivity index (χ0n) is 9.82. The molecule has 0 aliphatic carbocycles. The molecule has 0 spiro atoms. The Kier molecular flexibility index (Phi) is 10.5. The first-order chi connectivity index (χ1) is 8.39. The number of rotatable bonds is 7. The summed E-state index contributed by atoms with van der Waals surface area (Å²) < 4.78 is 22.2. The predicted molar refractivity (Wildman–Crippen MR) is 63.7 cm³/mol. The third kappa shape index (κ3) is 20.1. The van der Waals surface area contributed by atoms with Gasteiger partial charge in [-0.15, -0.1) is 0 Å². The van der Waals surface area contributed by atoms with Crippen molar-refractivity contribution in [1.82, 2.24) is 0 Å². The maximum absolute atomic E-state index is 10.1. The van der Waals surface area contributed by atoms with Gasteiger partial charge in [0.2, 0.25) is 0 Å². The molecule has 0 aromatic heterocycles. The quantitative estimate of drug-likeness (QED) is 0.216. The lowest BCUT2D eigenvalue weighted by Gasteiger charge is -2.03. The largest absolute Gasteiger partial charge is 0.480 e. The van der Waals surface area contributed by atoms with Gasteiger partial charge in [-0.05, 0) is 19.4 Å². The first-order valence-corrected chi connectivity index (χ1v) is 7.96. The highest BCUT2D eigenvalue weighted by atomic mass is 31.3. The zero-order valence-corrected chi connectivity index (χ0v) is 11.6. The lowest BCUT2D eigenvalue weighted by molar-refractivity contribution is -0.138. The summed E-state index contributed by atoms with van der Waals surface area (Å²) in [6, 6.07) is -0.716. The molecular formula is C6H18N2O9P2. The van der Waals surface area contributed by atoms with Crippen LogP contribution in [0.3, 0.4) is 0 Å². The van der Waals surface area contributed by atoms with Crippen molar-refractivity contribution in [1.29, 1.82) is 0 Å². The van der Waals surface area contributed by atoms with E-state index in [2.05, 4.69) is 4.31 Å². The van der Waals surface area contributed by atoms with Gasteiger partial charge in [-0.2, -0.15) is 4.31 Å². The number of hydrogen-bond donors (Lipinski definition) is 7. The highest BCUT2D eigenvalue weighted by molar-refractivity contribution is 7.60. The van der Waals surface area contributed by atoms with Gasteiger partial charge in [-0.1, -0.05) is 6.42 Å². The van der Waals surface area contributed by atoms with E-state index >= 15 is 0 Å². The number of carboxylic acid groups (broad SMARTS) is 1. The summed E-state index contributed by atoms with van der Waals surface area (Å²) in [6.07, 6.45) is 2.16. The predicted octanol–water partition coefficient (Wildman–Crippen LogP) is -1.28. The van der Waals surface area contributed by atoms with Gasteiger partial charge in [-0.25, -0.2) is 9.13 Å². The average molecular weight is 324 g/mol. The second-order valence-electron chi connectivity index (χ2n) is 3.29. The van der Waals surface area contributed by atoms with Crippen LogP contribution in [0.5, 0.6) is 0 Å². The van der Waals surface area contributed by atoms with Gasteiger partial charge in [0.15, 0.2) is 0 Å². The summed E-state index contributed by atoms with van der Waals surface area (Å²) in [6.45, 7) is 0.604. The second kappa shape index (κ2) is 9.54. The number of carboxylic acids is 1. The first kappa shape index (κ1) is 21.0. The van der Waals surface area contributed by atoms with Crippen molar-refractivity contribution in [3.8, 4) is 0 Å². The molecule has 0 aromatic carbocycles. The molecule has 0 heterocycles. The molecule has 0 fully saturated rings. The van der Waals surface area contributed by atoms with Gasteiger partial charge >= 0.3 is 21.6 Å². The van der Waals surface area contributed by atoms with E-state index in [4.69, 9.17) is 36.1 Å². The number of carbonyl (C=O) groups is 1. The molecule has 0 radical (unpaired) electrons. The molecule has 0 saturated heterocycles. The molecule has 13 heteroatoms. The minimum atomic E-state index is -5.05. The summed E-state index contributed by atoms with van der Waals surface area (Å²) in [7, 11) is -10.1. The van der Waals surface area contributed by atoms with Crippen LogP contribution < -0.4 is 11.5 Å². The van der Waals surface area contributed by atoms with Crippen LogP contribution in [0.2, 0.25) is 0 Å². The van der Waals surface area contributed by atoms with E-state index in [1.54, 1.807) is 0 Å². The Labute approximate surface area is 109 Å². The van der Waals surface area contributed by atoms with E-state index in [9.17, 15) is 13.9 Å². The average Bonchev–Trinajstić information content (AvgIpc) is 2.12. The number of aliphatic carboxylic acids is 1. The van der Waals surface area contributed by atoms with Crippen LogP contribution in [0.15, 0.2) is 0 Å². The molecule has 0 aliphatic rings. The van der Waals surface area contributed by atoms with Crippen LogP contribution in [0.4, 0.5) is 0 Å². The SMILES string of the molecule is NCCCC[C@H](N)C(=O)O.O=P(O)(O)OP(=O)(O)O. The highest BCUT2D eigenvalue weighted by Crippen LogP contribution is 2.53. The molecule has 0 unspecified atom stereocenters. The van der Waals surface area contributed by atoms with E-state index in [1.165, 1.54) is 0 Å². The Hall–Kier alpha value is -0.350. The Morgan fingerprint density at radius 3 is 1.74 bits per heavy atom. The maximum Gasteiger partial charge on any atom is 0.478 e. The number of unbranched alkanes of at least 4 members (excludes halogenated alkanes) is 1. The fourth-order valence-electron chi connectivity index (χ4n) is 0.771. The summed E-state index contributed by atoms with van der Waals surface area (Å²) in [5.41, 5.74) is 10.4. The smallest absolute Gasteiger partial charge is 0.478 e. The fraction of sp³-hybridized carbons (Fsp3) is 0.833. The van der Waals surface area contributed by atoms with Gasteiger partial charge in [0.1, 0.15) is 6.04 Å². The monoisotopic (exact) mass is 324 g/mol. The van der Waals surface area contributed by atoms with Crippen molar-refractivity contribution < 1.29 is 42.9 Å². The van der Waals surface area contributed by atoms with Crippen molar-refractivity contribution in [3.63, 3.8) is 0 Å². The number of phosphoric acid groups is 2. The molecule has 1 atom stereocenters. The third-order valence-corrected chi connectivity index (χ3v) is 3.20. The molecule has 0 aliphatic heterocycles. The van der Waals surface area contributed by atoms with E-state index in [-0.39, 0.29) is 0 Å². The van der Waals surface area contributed by atoms with E-state index in [0.29, 0.717) is 13.0 Å². The number of hydrogen-bond acceptors (Lipinski definition) is 6. The summed E-state index contributed by atoms with van der Waals surface area (Å²) in [5.74, 6) is -0.933. The maximum atomic E-state index is 10.1. The number of nitrogens with two attached hydrogens (primary N) is 2. The lowest BCUT2D eigenvalue weighted by atomic mass is 10.1. The van der Waals surface area contributed by atoms with E-state index in [0.717, 1.165) is 12.8 Å². The van der Waals surface area contributed by atoms with E-state index in [1.807, 2.05) is 0 Å². The van der Waals surface area contributed by atoms with Gasteiger partial charge in [0, 0.05) is 0 Å². The van der Waals surface area contributed by atoms with Crippen LogP contribution in [0.25, 0.3) is 0 Å². The Bertz CT molecular complexity index is 331. The first-order valence-electron chi connectivity index (χ1n) is 4.90. The molecular weight excluding hydrogens is 306 g/mol. The summed E-state index contributed by atoms with van der Waals surface area (Å²) in [4.78, 5) is 41.1. The van der Waals surface area contributed by atoms with Crippen molar-refractivity contribution >= 4 is 21.6 Å². The molecule has 11 nitrogen and oxygen atoms in total. The lowest BCUT2D eigenvalue weighted by Crippen LogP contribution is -2.29. The van der Waals surface area contributed by atoms with Crippen LogP contribution >= 0.6 is 15.6 Å². The molecule has 116 valence electrons. The van der Waals surface area contributed by atoms with Gasteiger partial charge < -0.3 is 36.1 Å². The third-order valence-electron chi connectivity index (χ3n) is 1.50. The normalized spacial score (nSPS) is 13.4. The zero-order chi connectivity index (χ0) is 15.7. The Morgan fingerprint density at radius 1 is 1.11 bits per heavy atom.